The first-order valence-corrected chi connectivity index (χ1v) is 6.81. The Bertz CT molecular complexity index is 889. The van der Waals surface area contributed by atoms with E-state index in [1.54, 1.807) is 0 Å². The van der Waals surface area contributed by atoms with Crippen LogP contribution in [0.5, 0.6) is 0 Å². The molecule has 0 bridgehead atoms. The SMILES string of the molecule is Brc1ccc2ncn(-c3ccc4[nH]ccc4c3)c2c1. The summed E-state index contributed by atoms with van der Waals surface area (Å²) in [5, 5.41) is 1.20. The first kappa shape index (κ1) is 10.8. The standard InChI is InChI=1S/C15H10BrN3/c16-11-1-3-14-15(8-11)19(9-18-14)12-2-4-13-10(7-12)5-6-17-13/h1-9,17H. The molecule has 0 saturated carbocycles. The van der Waals surface area contributed by atoms with E-state index in [2.05, 4.69) is 60.8 Å². The highest BCUT2D eigenvalue weighted by Crippen LogP contribution is 2.24. The highest BCUT2D eigenvalue weighted by atomic mass is 79.9. The lowest BCUT2D eigenvalue weighted by atomic mass is 10.2. The summed E-state index contributed by atoms with van der Waals surface area (Å²) >= 11 is 3.51. The molecule has 0 aliphatic carbocycles. The molecule has 92 valence electrons. The zero-order chi connectivity index (χ0) is 12.8. The quantitative estimate of drug-likeness (QED) is 0.559. The van der Waals surface area contributed by atoms with E-state index in [0.29, 0.717) is 0 Å². The van der Waals surface area contributed by atoms with Gasteiger partial charge >= 0.3 is 0 Å². The Morgan fingerprint density at radius 1 is 1.05 bits per heavy atom. The van der Waals surface area contributed by atoms with Gasteiger partial charge in [0.1, 0.15) is 6.33 Å². The van der Waals surface area contributed by atoms with Gasteiger partial charge in [0, 0.05) is 27.3 Å². The lowest BCUT2D eigenvalue weighted by Crippen LogP contribution is -1.91. The molecule has 3 nitrogen and oxygen atoms in total. The van der Waals surface area contributed by atoms with Gasteiger partial charge in [-0.15, -0.1) is 0 Å². The molecule has 4 heteroatoms. The maximum Gasteiger partial charge on any atom is 0.100 e. The minimum absolute atomic E-state index is 0.998. The Kier molecular flexibility index (Phi) is 2.26. The van der Waals surface area contributed by atoms with Crippen LogP contribution in [0.15, 0.2) is 59.5 Å². The highest BCUT2D eigenvalue weighted by molar-refractivity contribution is 9.10. The van der Waals surface area contributed by atoms with Crippen LogP contribution in [0.25, 0.3) is 27.6 Å². The van der Waals surface area contributed by atoms with Crippen LogP contribution >= 0.6 is 15.9 Å². The van der Waals surface area contributed by atoms with Crippen molar-refractivity contribution in [2.45, 2.75) is 0 Å². The first-order chi connectivity index (χ1) is 9.31. The minimum Gasteiger partial charge on any atom is -0.361 e. The number of aromatic amines is 1. The molecule has 0 amide bonds. The number of nitrogens with zero attached hydrogens (tertiary/aromatic N) is 2. The molecular formula is C15H10BrN3. The molecule has 0 radical (unpaired) electrons. The summed E-state index contributed by atoms with van der Waals surface area (Å²) in [6.45, 7) is 0. The number of imidazole rings is 1. The van der Waals surface area contributed by atoms with E-state index in [4.69, 9.17) is 0 Å². The van der Waals surface area contributed by atoms with Crippen molar-refractivity contribution in [3.05, 3.63) is 59.5 Å². The topological polar surface area (TPSA) is 33.6 Å². The van der Waals surface area contributed by atoms with Gasteiger partial charge in [-0.1, -0.05) is 15.9 Å². The summed E-state index contributed by atoms with van der Waals surface area (Å²) in [7, 11) is 0. The van der Waals surface area contributed by atoms with Gasteiger partial charge < -0.3 is 4.98 Å². The number of H-pyrrole nitrogens is 1. The summed E-state index contributed by atoms with van der Waals surface area (Å²) < 4.78 is 3.16. The molecule has 0 unspecified atom stereocenters. The van der Waals surface area contributed by atoms with Crippen LogP contribution in [0.3, 0.4) is 0 Å². The Balaban J connectivity index is 2.00. The average molecular weight is 312 g/mol. The molecule has 4 aromatic rings. The van der Waals surface area contributed by atoms with Crippen molar-refractivity contribution in [2.75, 3.05) is 0 Å². The van der Waals surface area contributed by atoms with Gasteiger partial charge in [-0.2, -0.15) is 0 Å². The van der Waals surface area contributed by atoms with Gasteiger partial charge in [-0.05, 0) is 42.5 Å². The third kappa shape index (κ3) is 1.68. The van der Waals surface area contributed by atoms with Crippen LogP contribution in [0.4, 0.5) is 0 Å². The van der Waals surface area contributed by atoms with E-state index >= 15 is 0 Å². The monoisotopic (exact) mass is 311 g/mol. The van der Waals surface area contributed by atoms with Gasteiger partial charge in [0.25, 0.3) is 0 Å². The lowest BCUT2D eigenvalue weighted by Gasteiger charge is -2.04. The van der Waals surface area contributed by atoms with Crippen LogP contribution in [-0.4, -0.2) is 14.5 Å². The molecule has 0 fully saturated rings. The fourth-order valence-electron chi connectivity index (χ4n) is 2.38. The molecule has 2 aromatic heterocycles. The van der Waals surface area contributed by atoms with E-state index in [9.17, 15) is 0 Å². The van der Waals surface area contributed by atoms with E-state index in [1.807, 2.05) is 24.7 Å². The number of fused-ring (bicyclic) bond motifs is 2. The van der Waals surface area contributed by atoms with E-state index in [1.165, 1.54) is 5.39 Å². The zero-order valence-corrected chi connectivity index (χ0v) is 11.6. The van der Waals surface area contributed by atoms with Crippen molar-refractivity contribution in [3.8, 4) is 5.69 Å². The summed E-state index contributed by atoms with van der Waals surface area (Å²) in [6, 6.07) is 14.5. The molecule has 1 N–H and O–H groups in total. The molecule has 0 spiro atoms. The molecule has 0 aliphatic rings. The summed E-state index contributed by atoms with van der Waals surface area (Å²) in [4.78, 5) is 7.64. The molecule has 2 heterocycles. The molecule has 0 aliphatic heterocycles. The number of hydrogen-bond donors (Lipinski definition) is 1. The van der Waals surface area contributed by atoms with Crippen LogP contribution in [-0.2, 0) is 0 Å². The van der Waals surface area contributed by atoms with Gasteiger partial charge in [-0.3, -0.25) is 4.57 Å². The van der Waals surface area contributed by atoms with Gasteiger partial charge in [0.2, 0.25) is 0 Å². The molecule has 0 saturated heterocycles. The predicted octanol–water partition coefficient (Wildman–Crippen LogP) is 4.27. The Labute approximate surface area is 118 Å². The lowest BCUT2D eigenvalue weighted by molar-refractivity contribution is 1.10. The smallest absolute Gasteiger partial charge is 0.100 e. The van der Waals surface area contributed by atoms with E-state index in [-0.39, 0.29) is 0 Å². The van der Waals surface area contributed by atoms with Crippen molar-refractivity contribution in [1.29, 1.82) is 0 Å². The molecule has 0 atom stereocenters. The van der Waals surface area contributed by atoms with Crippen molar-refractivity contribution in [2.24, 2.45) is 0 Å². The average Bonchev–Trinajstić information content (AvgIpc) is 3.03. The van der Waals surface area contributed by atoms with Crippen LogP contribution in [0, 0.1) is 0 Å². The fraction of sp³-hybridized carbons (Fsp3) is 0. The molecule has 19 heavy (non-hydrogen) atoms. The Morgan fingerprint density at radius 3 is 2.95 bits per heavy atom. The van der Waals surface area contributed by atoms with Crippen molar-refractivity contribution >= 4 is 37.9 Å². The Morgan fingerprint density at radius 2 is 2.00 bits per heavy atom. The van der Waals surface area contributed by atoms with Crippen molar-refractivity contribution in [1.82, 2.24) is 14.5 Å². The number of aromatic nitrogens is 3. The summed E-state index contributed by atoms with van der Waals surface area (Å²) in [5.74, 6) is 0. The highest BCUT2D eigenvalue weighted by Gasteiger charge is 2.06. The van der Waals surface area contributed by atoms with E-state index in [0.717, 1.165) is 26.7 Å². The van der Waals surface area contributed by atoms with Crippen LogP contribution in [0.1, 0.15) is 0 Å². The van der Waals surface area contributed by atoms with Gasteiger partial charge in [-0.25, -0.2) is 4.98 Å². The number of hydrogen-bond acceptors (Lipinski definition) is 1. The summed E-state index contributed by atoms with van der Waals surface area (Å²) in [6.07, 6.45) is 3.82. The number of halogens is 1. The largest absolute Gasteiger partial charge is 0.361 e. The van der Waals surface area contributed by atoms with Gasteiger partial charge in [0.05, 0.1) is 11.0 Å². The maximum absolute atomic E-state index is 4.44. The second-order valence-electron chi connectivity index (χ2n) is 4.50. The summed E-state index contributed by atoms with van der Waals surface area (Å²) in [5.41, 5.74) is 4.36. The molecule has 4 rings (SSSR count). The van der Waals surface area contributed by atoms with Crippen molar-refractivity contribution < 1.29 is 0 Å². The first-order valence-electron chi connectivity index (χ1n) is 6.01. The van der Waals surface area contributed by atoms with Gasteiger partial charge in [0.15, 0.2) is 0 Å². The van der Waals surface area contributed by atoms with Crippen molar-refractivity contribution in [3.63, 3.8) is 0 Å². The second kappa shape index (κ2) is 3.96. The predicted molar refractivity (Wildman–Crippen MR) is 80.6 cm³/mol. The van der Waals surface area contributed by atoms with E-state index < -0.39 is 0 Å². The fourth-order valence-corrected chi connectivity index (χ4v) is 2.73. The van der Waals surface area contributed by atoms with Crippen LogP contribution in [0.2, 0.25) is 0 Å². The third-order valence-electron chi connectivity index (χ3n) is 3.32. The molecular weight excluding hydrogens is 302 g/mol. The number of rotatable bonds is 1. The maximum atomic E-state index is 4.44. The third-order valence-corrected chi connectivity index (χ3v) is 3.82. The van der Waals surface area contributed by atoms with Crippen LogP contribution < -0.4 is 0 Å². The number of benzene rings is 2. The normalized spacial score (nSPS) is 11.4. The Hall–Kier alpha value is -2.07. The second-order valence-corrected chi connectivity index (χ2v) is 5.41. The minimum atomic E-state index is 0.998. The zero-order valence-electron chi connectivity index (χ0n) is 9.97. The molecule has 2 aromatic carbocycles. The number of nitrogens with one attached hydrogen (secondary N) is 1.